The molecule has 0 aliphatic rings. The van der Waals surface area contributed by atoms with Crippen molar-refractivity contribution in [2.75, 3.05) is 7.11 Å². The zero-order valence-corrected chi connectivity index (χ0v) is 13.8. The molecule has 0 atom stereocenters. The summed E-state index contributed by atoms with van der Waals surface area (Å²) in [4.78, 5) is 0. The summed E-state index contributed by atoms with van der Waals surface area (Å²) in [5.74, 6) is 0.911. The molecule has 112 valence electrons. The number of hydrogen-bond donors (Lipinski definition) is 1. The maximum atomic E-state index is 6.29. The van der Waals surface area contributed by atoms with Crippen LogP contribution in [0, 0.1) is 6.92 Å². The number of ether oxygens (including phenoxy) is 1. The van der Waals surface area contributed by atoms with E-state index in [0.717, 1.165) is 28.4 Å². The van der Waals surface area contributed by atoms with E-state index in [-0.39, 0.29) is 0 Å². The number of aryl methyl sites for hydroxylation is 1. The first-order valence-electron chi connectivity index (χ1n) is 7.18. The molecule has 0 unspecified atom stereocenters. The van der Waals surface area contributed by atoms with Crippen LogP contribution in [-0.2, 0) is 6.54 Å². The normalized spacial score (nSPS) is 11.0. The fraction of sp³-hybridized carbons (Fsp3) is 0.333. The quantitative estimate of drug-likeness (QED) is 0.855. The molecular weight excluding hydrogens is 282 g/mol. The Labute approximate surface area is 132 Å². The molecule has 0 heterocycles. The highest BCUT2D eigenvalue weighted by Crippen LogP contribution is 2.29. The minimum absolute atomic E-state index is 0.438. The van der Waals surface area contributed by atoms with Crippen LogP contribution in [0.25, 0.3) is 11.1 Å². The standard InChI is InChI=1S/C18H22ClNO/c1-12(2)20-11-16-10-15(5-7-17(16)19)14-6-8-18(21-4)13(3)9-14/h5-10,12,20H,11H2,1-4H3. The lowest BCUT2D eigenvalue weighted by molar-refractivity contribution is 0.412. The first kappa shape index (κ1) is 15.9. The summed E-state index contributed by atoms with van der Waals surface area (Å²) >= 11 is 6.29. The second-order valence-electron chi connectivity index (χ2n) is 5.53. The molecule has 0 radical (unpaired) electrons. The van der Waals surface area contributed by atoms with Crippen molar-refractivity contribution < 1.29 is 4.74 Å². The van der Waals surface area contributed by atoms with E-state index >= 15 is 0 Å². The number of halogens is 1. The SMILES string of the molecule is COc1ccc(-c2ccc(Cl)c(CNC(C)C)c2)cc1C. The lowest BCUT2D eigenvalue weighted by atomic mass is 10.0. The van der Waals surface area contributed by atoms with Crippen LogP contribution >= 0.6 is 11.6 Å². The maximum Gasteiger partial charge on any atom is 0.121 e. The summed E-state index contributed by atoms with van der Waals surface area (Å²) in [7, 11) is 1.69. The highest BCUT2D eigenvalue weighted by atomic mass is 35.5. The van der Waals surface area contributed by atoms with Gasteiger partial charge in [0.15, 0.2) is 0 Å². The third kappa shape index (κ3) is 3.99. The summed E-state index contributed by atoms with van der Waals surface area (Å²) in [6.45, 7) is 7.09. The Balaban J connectivity index is 2.31. The number of hydrogen-bond acceptors (Lipinski definition) is 2. The van der Waals surface area contributed by atoms with Crippen LogP contribution in [0.1, 0.15) is 25.0 Å². The number of benzene rings is 2. The van der Waals surface area contributed by atoms with Crippen molar-refractivity contribution in [3.05, 3.63) is 52.5 Å². The molecule has 0 amide bonds. The molecule has 0 saturated carbocycles. The molecule has 2 aromatic rings. The smallest absolute Gasteiger partial charge is 0.121 e. The van der Waals surface area contributed by atoms with Crippen LogP contribution in [0.15, 0.2) is 36.4 Å². The highest BCUT2D eigenvalue weighted by molar-refractivity contribution is 6.31. The summed E-state index contributed by atoms with van der Waals surface area (Å²) in [5, 5.41) is 4.21. The largest absolute Gasteiger partial charge is 0.496 e. The molecule has 0 bridgehead atoms. The Hall–Kier alpha value is -1.51. The molecule has 0 aliphatic heterocycles. The lowest BCUT2D eigenvalue weighted by Gasteiger charge is -2.12. The van der Waals surface area contributed by atoms with E-state index in [9.17, 15) is 0 Å². The summed E-state index contributed by atoms with van der Waals surface area (Å²) in [6.07, 6.45) is 0. The van der Waals surface area contributed by atoms with Crippen LogP contribution in [0.2, 0.25) is 5.02 Å². The van der Waals surface area contributed by atoms with Gasteiger partial charge in [-0.25, -0.2) is 0 Å². The molecule has 3 heteroatoms. The molecule has 0 fully saturated rings. The van der Waals surface area contributed by atoms with E-state index < -0.39 is 0 Å². The number of rotatable bonds is 5. The van der Waals surface area contributed by atoms with Gasteiger partial charge in [0.25, 0.3) is 0 Å². The van der Waals surface area contributed by atoms with Gasteiger partial charge in [-0.3, -0.25) is 0 Å². The van der Waals surface area contributed by atoms with Crippen LogP contribution < -0.4 is 10.1 Å². The van der Waals surface area contributed by atoms with Crippen molar-refractivity contribution in [3.63, 3.8) is 0 Å². The van der Waals surface area contributed by atoms with E-state index in [4.69, 9.17) is 16.3 Å². The van der Waals surface area contributed by atoms with Crippen LogP contribution in [-0.4, -0.2) is 13.2 Å². The second-order valence-corrected chi connectivity index (χ2v) is 5.93. The van der Waals surface area contributed by atoms with E-state index in [1.54, 1.807) is 7.11 Å². The minimum atomic E-state index is 0.438. The molecule has 1 N–H and O–H groups in total. The minimum Gasteiger partial charge on any atom is -0.496 e. The lowest BCUT2D eigenvalue weighted by Crippen LogP contribution is -2.21. The van der Waals surface area contributed by atoms with Gasteiger partial charge < -0.3 is 10.1 Å². The van der Waals surface area contributed by atoms with Gasteiger partial charge in [-0.15, -0.1) is 0 Å². The van der Waals surface area contributed by atoms with E-state index in [1.165, 1.54) is 11.1 Å². The van der Waals surface area contributed by atoms with Gasteiger partial charge in [-0.1, -0.05) is 37.6 Å². The maximum absolute atomic E-state index is 6.29. The predicted molar refractivity (Wildman–Crippen MR) is 90.2 cm³/mol. The first-order valence-corrected chi connectivity index (χ1v) is 7.56. The van der Waals surface area contributed by atoms with Gasteiger partial charge in [0.2, 0.25) is 0 Å². The third-order valence-electron chi connectivity index (χ3n) is 3.47. The number of nitrogens with one attached hydrogen (secondary N) is 1. The average Bonchev–Trinajstić information content (AvgIpc) is 2.46. The molecule has 0 aromatic heterocycles. The van der Waals surface area contributed by atoms with Crippen LogP contribution in [0.4, 0.5) is 0 Å². The fourth-order valence-corrected chi connectivity index (χ4v) is 2.45. The molecule has 0 aliphatic carbocycles. The highest BCUT2D eigenvalue weighted by Gasteiger charge is 2.06. The molecule has 2 nitrogen and oxygen atoms in total. The summed E-state index contributed by atoms with van der Waals surface area (Å²) in [5.41, 5.74) is 4.60. The summed E-state index contributed by atoms with van der Waals surface area (Å²) in [6, 6.07) is 12.8. The van der Waals surface area contributed by atoms with Gasteiger partial charge in [0, 0.05) is 17.6 Å². The number of methoxy groups -OCH3 is 1. The van der Waals surface area contributed by atoms with Crippen molar-refractivity contribution in [2.24, 2.45) is 0 Å². The molecule has 0 spiro atoms. The van der Waals surface area contributed by atoms with Gasteiger partial charge in [0.05, 0.1) is 7.11 Å². The van der Waals surface area contributed by atoms with Crippen molar-refractivity contribution in [1.82, 2.24) is 5.32 Å². The van der Waals surface area contributed by atoms with E-state index in [2.05, 4.69) is 50.4 Å². The molecular formula is C18H22ClNO. The fourth-order valence-electron chi connectivity index (χ4n) is 2.26. The Bertz CT molecular complexity index is 623. The van der Waals surface area contributed by atoms with Crippen molar-refractivity contribution in [1.29, 1.82) is 0 Å². The van der Waals surface area contributed by atoms with Crippen molar-refractivity contribution in [2.45, 2.75) is 33.4 Å². The molecule has 21 heavy (non-hydrogen) atoms. The monoisotopic (exact) mass is 303 g/mol. The van der Waals surface area contributed by atoms with E-state index in [0.29, 0.717) is 6.04 Å². The van der Waals surface area contributed by atoms with Crippen molar-refractivity contribution >= 4 is 11.6 Å². The van der Waals surface area contributed by atoms with Crippen molar-refractivity contribution in [3.8, 4) is 16.9 Å². The van der Waals surface area contributed by atoms with Gasteiger partial charge in [0.1, 0.15) is 5.75 Å². The average molecular weight is 304 g/mol. The van der Waals surface area contributed by atoms with Gasteiger partial charge in [-0.05, 0) is 53.4 Å². The van der Waals surface area contributed by atoms with Crippen LogP contribution in [0.5, 0.6) is 5.75 Å². The Morgan fingerprint density at radius 2 is 1.76 bits per heavy atom. The Kier molecular flexibility index (Phi) is 5.27. The van der Waals surface area contributed by atoms with Gasteiger partial charge in [-0.2, -0.15) is 0 Å². The summed E-state index contributed by atoms with van der Waals surface area (Å²) < 4.78 is 5.31. The topological polar surface area (TPSA) is 21.3 Å². The predicted octanol–water partition coefficient (Wildman–Crippen LogP) is 4.82. The zero-order chi connectivity index (χ0) is 15.4. The molecule has 0 saturated heterocycles. The Morgan fingerprint density at radius 3 is 2.38 bits per heavy atom. The Morgan fingerprint density at radius 1 is 1.10 bits per heavy atom. The first-order chi connectivity index (χ1) is 10.0. The van der Waals surface area contributed by atoms with E-state index in [1.807, 2.05) is 12.1 Å². The van der Waals surface area contributed by atoms with Gasteiger partial charge >= 0.3 is 0 Å². The zero-order valence-electron chi connectivity index (χ0n) is 13.0. The molecule has 2 aromatic carbocycles. The molecule has 2 rings (SSSR count). The van der Waals surface area contributed by atoms with Crippen LogP contribution in [0.3, 0.4) is 0 Å². The second kappa shape index (κ2) is 6.97. The third-order valence-corrected chi connectivity index (χ3v) is 3.84.